The van der Waals surface area contributed by atoms with E-state index in [1.165, 1.54) is 7.11 Å². The average Bonchev–Trinajstić information content (AvgIpc) is 3.46. The molecule has 2 heterocycles. The number of nitrogens with one attached hydrogen (secondary N) is 1. The van der Waals surface area contributed by atoms with Crippen molar-refractivity contribution in [1.29, 1.82) is 0 Å². The Morgan fingerprint density at radius 2 is 1.70 bits per heavy atom. The van der Waals surface area contributed by atoms with Crippen molar-refractivity contribution in [3.05, 3.63) is 80.4 Å². The normalized spacial score (nSPS) is 14.4. The molecule has 9 nitrogen and oxygen atoms in total. The molecule has 1 unspecified atom stereocenters. The first kappa shape index (κ1) is 27.4. The zero-order valence-electron chi connectivity index (χ0n) is 22.8. The topological polar surface area (TPSA) is 117 Å². The Bertz CT molecular complexity index is 1590. The number of phenols is 2. The summed E-state index contributed by atoms with van der Waals surface area (Å²) in [5.41, 5.74) is 5.51. The molecule has 4 aromatic rings. The third-order valence-corrected chi connectivity index (χ3v) is 7.84. The fourth-order valence-electron chi connectivity index (χ4n) is 5.41. The van der Waals surface area contributed by atoms with Crippen LogP contribution in [-0.4, -0.2) is 59.1 Å². The third kappa shape index (κ3) is 4.62. The minimum absolute atomic E-state index is 0.0351. The van der Waals surface area contributed by atoms with E-state index in [-0.39, 0.29) is 23.2 Å². The molecule has 0 aliphatic carbocycles. The maximum Gasteiger partial charge on any atom is 0.273 e. The van der Waals surface area contributed by atoms with E-state index < -0.39 is 6.04 Å². The standard InChI is InChI=1S/C30H30BrN3O6/c1-15-10-16(2)24(20(35)11-15)26-25-27(33-32-26)30(37)34(9-8-17-6-7-21(38-3)22(12-17)39-4)28(25)18-13-19(31)29(36)23(14-18)40-5/h6-7,10-14,28,35-36H,8-9H2,1-5H3,(H,32,33). The number of amides is 1. The van der Waals surface area contributed by atoms with Crippen molar-refractivity contribution < 1.29 is 29.2 Å². The first-order valence-electron chi connectivity index (χ1n) is 12.7. The van der Waals surface area contributed by atoms with E-state index in [1.54, 1.807) is 37.3 Å². The number of benzene rings is 3. The van der Waals surface area contributed by atoms with Crippen molar-refractivity contribution in [3.63, 3.8) is 0 Å². The van der Waals surface area contributed by atoms with Crippen LogP contribution in [0.4, 0.5) is 0 Å². The number of hydrogen-bond acceptors (Lipinski definition) is 7. The number of aromatic hydroxyl groups is 2. The summed E-state index contributed by atoms with van der Waals surface area (Å²) >= 11 is 3.43. The Hall–Kier alpha value is -4.18. The molecule has 10 heteroatoms. The molecule has 5 rings (SSSR count). The van der Waals surface area contributed by atoms with E-state index in [1.807, 2.05) is 38.1 Å². The zero-order chi connectivity index (χ0) is 28.7. The summed E-state index contributed by atoms with van der Waals surface area (Å²) in [7, 11) is 4.64. The number of fused-ring (bicyclic) bond motifs is 1. The molecule has 0 fully saturated rings. The molecule has 0 spiro atoms. The van der Waals surface area contributed by atoms with Gasteiger partial charge >= 0.3 is 0 Å². The molecule has 1 aliphatic rings. The van der Waals surface area contributed by atoms with E-state index in [9.17, 15) is 15.0 Å². The van der Waals surface area contributed by atoms with Gasteiger partial charge in [-0.3, -0.25) is 9.89 Å². The van der Waals surface area contributed by atoms with Gasteiger partial charge in [0.15, 0.2) is 23.0 Å². The summed E-state index contributed by atoms with van der Waals surface area (Å²) in [5, 5.41) is 28.9. The minimum atomic E-state index is -0.567. The number of aromatic nitrogens is 2. The van der Waals surface area contributed by atoms with Gasteiger partial charge in [0.2, 0.25) is 0 Å². The number of hydrogen-bond donors (Lipinski definition) is 3. The molecular weight excluding hydrogens is 578 g/mol. The smallest absolute Gasteiger partial charge is 0.273 e. The maximum atomic E-state index is 13.9. The third-order valence-electron chi connectivity index (χ3n) is 7.24. The number of nitrogens with zero attached hydrogens (tertiary/aromatic N) is 2. The summed E-state index contributed by atoms with van der Waals surface area (Å²) in [6.45, 7) is 4.19. The van der Waals surface area contributed by atoms with Crippen LogP contribution in [0.15, 0.2) is 46.9 Å². The summed E-state index contributed by atoms with van der Waals surface area (Å²) < 4.78 is 16.7. The second-order valence-corrected chi connectivity index (χ2v) is 10.6. The molecule has 0 saturated heterocycles. The van der Waals surface area contributed by atoms with Crippen LogP contribution in [0, 0.1) is 13.8 Å². The van der Waals surface area contributed by atoms with Crippen molar-refractivity contribution in [2.24, 2.45) is 0 Å². The SMILES string of the molecule is COc1ccc(CCN2C(=O)c3[nH]nc(-c4c(C)cc(C)cc4O)c3C2c2cc(Br)c(O)c(OC)c2)cc1OC. The lowest BCUT2D eigenvalue weighted by molar-refractivity contribution is 0.0745. The molecular formula is C30H30BrN3O6. The number of aryl methyl sites for hydroxylation is 2. The quantitative estimate of drug-likeness (QED) is 0.236. The number of aromatic amines is 1. The first-order valence-corrected chi connectivity index (χ1v) is 13.4. The summed E-state index contributed by atoms with van der Waals surface area (Å²) in [6, 6.07) is 12.3. The molecule has 1 amide bonds. The second kappa shape index (κ2) is 10.8. The van der Waals surface area contributed by atoms with Gasteiger partial charge in [0, 0.05) is 17.7 Å². The summed E-state index contributed by atoms with van der Waals surface area (Å²) in [6.07, 6.45) is 0.542. The molecule has 3 aromatic carbocycles. The summed E-state index contributed by atoms with van der Waals surface area (Å²) in [4.78, 5) is 15.6. The van der Waals surface area contributed by atoms with Gasteiger partial charge in [-0.1, -0.05) is 12.1 Å². The monoisotopic (exact) mass is 607 g/mol. The minimum Gasteiger partial charge on any atom is -0.507 e. The number of H-pyrrole nitrogens is 1. The van der Waals surface area contributed by atoms with Crippen LogP contribution in [0.2, 0.25) is 0 Å². The Kier molecular flexibility index (Phi) is 7.37. The lowest BCUT2D eigenvalue weighted by Crippen LogP contribution is -2.31. The largest absolute Gasteiger partial charge is 0.507 e. The van der Waals surface area contributed by atoms with Crippen molar-refractivity contribution in [2.45, 2.75) is 26.3 Å². The zero-order valence-corrected chi connectivity index (χ0v) is 24.4. The highest BCUT2D eigenvalue weighted by Crippen LogP contribution is 2.48. The summed E-state index contributed by atoms with van der Waals surface area (Å²) in [5.74, 6) is 1.34. The molecule has 0 bridgehead atoms. The lowest BCUT2D eigenvalue weighted by atomic mass is 9.93. The Labute approximate surface area is 240 Å². The van der Waals surface area contributed by atoms with Crippen LogP contribution in [0.25, 0.3) is 11.3 Å². The van der Waals surface area contributed by atoms with Gasteiger partial charge in [0.05, 0.1) is 31.8 Å². The van der Waals surface area contributed by atoms with Crippen LogP contribution in [-0.2, 0) is 6.42 Å². The molecule has 1 atom stereocenters. The molecule has 1 aromatic heterocycles. The molecule has 1 aliphatic heterocycles. The van der Waals surface area contributed by atoms with Crippen molar-refractivity contribution in [2.75, 3.05) is 27.9 Å². The van der Waals surface area contributed by atoms with Gasteiger partial charge in [-0.2, -0.15) is 5.10 Å². The highest BCUT2D eigenvalue weighted by Gasteiger charge is 2.43. The molecule has 0 saturated carbocycles. The molecule has 3 N–H and O–H groups in total. The molecule has 208 valence electrons. The number of phenolic OH excluding ortho intramolecular Hbond substituents is 2. The Morgan fingerprint density at radius 3 is 2.38 bits per heavy atom. The van der Waals surface area contributed by atoms with Gasteiger partial charge in [-0.15, -0.1) is 0 Å². The number of carbonyl (C=O) groups is 1. The maximum absolute atomic E-state index is 13.9. The first-order chi connectivity index (χ1) is 19.2. The average molecular weight is 608 g/mol. The number of halogens is 1. The number of methoxy groups -OCH3 is 3. The number of rotatable bonds is 8. The highest BCUT2D eigenvalue weighted by molar-refractivity contribution is 9.10. The fourth-order valence-corrected chi connectivity index (χ4v) is 5.87. The van der Waals surface area contributed by atoms with Crippen molar-refractivity contribution in [1.82, 2.24) is 15.1 Å². The van der Waals surface area contributed by atoms with E-state index in [0.717, 1.165) is 16.7 Å². The van der Waals surface area contributed by atoms with Gasteiger partial charge in [-0.25, -0.2) is 0 Å². The Balaban J connectivity index is 1.63. The number of ether oxygens (including phenoxy) is 3. The van der Waals surface area contributed by atoms with Crippen LogP contribution in [0.5, 0.6) is 28.7 Å². The van der Waals surface area contributed by atoms with Crippen LogP contribution >= 0.6 is 15.9 Å². The fraction of sp³-hybridized carbons (Fsp3) is 0.267. The molecule has 0 radical (unpaired) electrons. The predicted octanol–water partition coefficient (Wildman–Crippen LogP) is 5.68. The van der Waals surface area contributed by atoms with E-state index in [4.69, 9.17) is 14.2 Å². The van der Waals surface area contributed by atoms with E-state index in [0.29, 0.717) is 57.0 Å². The number of carbonyl (C=O) groups excluding carboxylic acids is 1. The lowest BCUT2D eigenvalue weighted by Gasteiger charge is -2.27. The van der Waals surface area contributed by atoms with Crippen molar-refractivity contribution >= 4 is 21.8 Å². The van der Waals surface area contributed by atoms with E-state index in [2.05, 4.69) is 26.1 Å². The van der Waals surface area contributed by atoms with Crippen LogP contribution in [0.1, 0.15) is 44.3 Å². The Morgan fingerprint density at radius 1 is 0.975 bits per heavy atom. The van der Waals surface area contributed by atoms with Gasteiger partial charge in [-0.05, 0) is 88.8 Å². The van der Waals surface area contributed by atoms with Gasteiger partial charge in [0.25, 0.3) is 5.91 Å². The van der Waals surface area contributed by atoms with Crippen LogP contribution in [0.3, 0.4) is 0 Å². The molecule has 40 heavy (non-hydrogen) atoms. The highest BCUT2D eigenvalue weighted by atomic mass is 79.9. The van der Waals surface area contributed by atoms with Crippen LogP contribution < -0.4 is 14.2 Å². The van der Waals surface area contributed by atoms with Crippen molar-refractivity contribution in [3.8, 4) is 40.0 Å². The van der Waals surface area contributed by atoms with Gasteiger partial charge in [0.1, 0.15) is 17.1 Å². The second-order valence-electron chi connectivity index (χ2n) is 9.73. The van der Waals surface area contributed by atoms with E-state index >= 15 is 0 Å². The van der Waals surface area contributed by atoms with Gasteiger partial charge < -0.3 is 29.3 Å². The predicted molar refractivity (Wildman–Crippen MR) is 154 cm³/mol.